The Kier molecular flexibility index (Phi) is 10.2. The van der Waals surface area contributed by atoms with Crippen LogP contribution < -0.4 is 5.32 Å². The van der Waals surface area contributed by atoms with E-state index in [1.54, 1.807) is 21.1 Å². The number of nitrogens with one attached hydrogen (secondary N) is 1. The molecule has 43 heavy (non-hydrogen) atoms. The zero-order valence-corrected chi connectivity index (χ0v) is 28.1. The first-order chi connectivity index (χ1) is 20.1. The molecule has 0 saturated heterocycles. The Hall–Kier alpha value is -2.96. The first-order valence-electron chi connectivity index (χ1n) is 14.8. The molecule has 3 amide bonds. The fourth-order valence-corrected chi connectivity index (χ4v) is 7.05. The van der Waals surface area contributed by atoms with E-state index in [0.29, 0.717) is 37.7 Å². The predicted octanol–water partition coefficient (Wildman–Crippen LogP) is 6.94. The lowest BCUT2D eigenvalue weighted by atomic mass is 10.0. The fraction of sp³-hybridized carbons (Fsp3) is 0.613. The molecule has 2 aliphatic heterocycles. The van der Waals surface area contributed by atoms with Gasteiger partial charge in [-0.2, -0.15) is 0 Å². The van der Waals surface area contributed by atoms with Crippen molar-refractivity contribution in [3.63, 3.8) is 0 Å². The second-order valence-corrected chi connectivity index (χ2v) is 15.0. The van der Waals surface area contributed by atoms with Crippen molar-refractivity contribution < 1.29 is 28.6 Å². The van der Waals surface area contributed by atoms with E-state index in [1.165, 1.54) is 11.3 Å². The minimum Gasteiger partial charge on any atom is -0.444 e. The van der Waals surface area contributed by atoms with Gasteiger partial charge < -0.3 is 29.3 Å². The molecule has 12 heteroatoms. The van der Waals surface area contributed by atoms with Crippen LogP contribution >= 0.6 is 22.7 Å². The number of rotatable bonds is 7. The number of anilines is 1. The molecule has 0 atom stereocenters. The van der Waals surface area contributed by atoms with Crippen molar-refractivity contribution in [1.82, 2.24) is 14.8 Å². The Balaban J connectivity index is 1.58. The highest BCUT2D eigenvalue weighted by atomic mass is 32.1. The molecule has 1 N–H and O–H groups in total. The van der Waals surface area contributed by atoms with E-state index in [2.05, 4.69) is 16.8 Å². The molecule has 0 aromatic carbocycles. The molecule has 0 aliphatic carbocycles. The number of hydrogen-bond donors (Lipinski definition) is 1. The van der Waals surface area contributed by atoms with E-state index in [0.717, 1.165) is 38.7 Å². The van der Waals surface area contributed by atoms with Gasteiger partial charge in [0.1, 0.15) is 21.2 Å². The number of hydrogen-bond acceptors (Lipinski definition) is 9. The molecule has 2 aromatic heterocycles. The molecule has 2 aliphatic rings. The number of fused-ring (bicyclic) bond motifs is 1. The maximum atomic E-state index is 13.3. The summed E-state index contributed by atoms with van der Waals surface area (Å²) >= 11 is 3.02. The Morgan fingerprint density at radius 3 is 2.47 bits per heavy atom. The van der Waals surface area contributed by atoms with Crippen molar-refractivity contribution in [3.8, 4) is 10.6 Å². The van der Waals surface area contributed by atoms with Crippen LogP contribution in [-0.2, 0) is 32.0 Å². The number of carbonyl (C=O) groups excluding carboxylic acids is 3. The Labute approximate surface area is 262 Å². The number of thiazole rings is 1. The van der Waals surface area contributed by atoms with E-state index < -0.39 is 17.3 Å². The molecule has 0 saturated carbocycles. The summed E-state index contributed by atoms with van der Waals surface area (Å²) in [4.78, 5) is 48.2. The van der Waals surface area contributed by atoms with E-state index in [4.69, 9.17) is 19.2 Å². The maximum absolute atomic E-state index is 13.3. The van der Waals surface area contributed by atoms with E-state index in [9.17, 15) is 14.4 Å². The number of ether oxygens (including phenoxy) is 3. The number of thiophene rings is 1. The van der Waals surface area contributed by atoms with Crippen LogP contribution in [0.5, 0.6) is 0 Å². The Morgan fingerprint density at radius 2 is 1.84 bits per heavy atom. The van der Waals surface area contributed by atoms with Gasteiger partial charge in [-0.25, -0.2) is 14.6 Å². The minimum absolute atomic E-state index is 0.111. The fourth-order valence-electron chi connectivity index (χ4n) is 4.79. The molecule has 0 unspecified atom stereocenters. The van der Waals surface area contributed by atoms with Crippen molar-refractivity contribution in [3.05, 3.63) is 27.6 Å². The third-order valence-electron chi connectivity index (χ3n) is 6.80. The number of nitrogens with zero attached hydrogens (tertiary/aromatic N) is 3. The van der Waals surface area contributed by atoms with Crippen LogP contribution in [0.15, 0.2) is 11.5 Å². The average Bonchev–Trinajstić information content (AvgIpc) is 3.51. The lowest BCUT2D eigenvalue weighted by Crippen LogP contribution is -2.42. The summed E-state index contributed by atoms with van der Waals surface area (Å²) in [6, 6.07) is -0.126. The molecular weight excluding hydrogens is 588 g/mol. The number of amides is 3. The lowest BCUT2D eigenvalue weighted by molar-refractivity contribution is -0.116. The Morgan fingerprint density at radius 1 is 1.12 bits per heavy atom. The predicted molar refractivity (Wildman–Crippen MR) is 171 cm³/mol. The lowest BCUT2D eigenvalue weighted by Gasteiger charge is -2.30. The summed E-state index contributed by atoms with van der Waals surface area (Å²) in [6.45, 7) is 17.2. The van der Waals surface area contributed by atoms with E-state index in [1.807, 2.05) is 55.4 Å². The highest BCUT2D eigenvalue weighted by Crippen LogP contribution is 2.45. The topological polar surface area (TPSA) is 110 Å². The monoisotopic (exact) mass is 632 g/mol. The second-order valence-electron chi connectivity index (χ2n) is 13.0. The van der Waals surface area contributed by atoms with Gasteiger partial charge in [0.05, 0.1) is 25.5 Å². The van der Waals surface area contributed by atoms with Crippen LogP contribution in [0, 0.1) is 0 Å². The van der Waals surface area contributed by atoms with Crippen molar-refractivity contribution in [2.75, 3.05) is 31.6 Å². The molecule has 4 rings (SSSR count). The molecular formula is C31H44N4O6S2. The minimum atomic E-state index is -0.627. The summed E-state index contributed by atoms with van der Waals surface area (Å²) < 4.78 is 16.6. The largest absolute Gasteiger partial charge is 0.444 e. The van der Waals surface area contributed by atoms with Gasteiger partial charge in [-0.05, 0) is 79.4 Å². The van der Waals surface area contributed by atoms with Crippen LogP contribution in [0.3, 0.4) is 0 Å². The summed E-state index contributed by atoms with van der Waals surface area (Å²) in [5.74, 6) is -0.207. The van der Waals surface area contributed by atoms with Crippen LogP contribution in [0.2, 0.25) is 0 Å². The van der Waals surface area contributed by atoms with Gasteiger partial charge >= 0.3 is 12.2 Å². The highest BCUT2D eigenvalue weighted by molar-refractivity contribution is 7.18. The Bertz CT molecular complexity index is 1370. The standard InChI is InChI=1S/C31H44N4O6S2/c1-19(2)35(29(38)41-31(6,7)8)14-10-24(36)33-27-25(26-32-22(18-42-26)20-11-15-39-16-12-20)21-9-13-34(17-23(21)43-27)28(37)40-30(3,4)5/h11,18-19H,9-10,12-17H2,1-8H3,(H,33,36). The van der Waals surface area contributed by atoms with Crippen LogP contribution in [0.4, 0.5) is 14.6 Å². The molecule has 236 valence electrons. The normalized spacial score (nSPS) is 15.6. The van der Waals surface area contributed by atoms with Crippen molar-refractivity contribution in [1.29, 1.82) is 0 Å². The summed E-state index contributed by atoms with van der Waals surface area (Å²) in [7, 11) is 0. The average molecular weight is 633 g/mol. The first kappa shape index (κ1) is 32.9. The van der Waals surface area contributed by atoms with Gasteiger partial charge in [0, 0.05) is 41.4 Å². The van der Waals surface area contributed by atoms with Gasteiger partial charge in [0.25, 0.3) is 0 Å². The van der Waals surface area contributed by atoms with Crippen LogP contribution in [0.25, 0.3) is 16.1 Å². The molecule has 0 radical (unpaired) electrons. The van der Waals surface area contributed by atoms with Gasteiger partial charge in [-0.1, -0.05) is 6.08 Å². The molecule has 0 bridgehead atoms. The molecule has 10 nitrogen and oxygen atoms in total. The second kappa shape index (κ2) is 13.4. The van der Waals surface area contributed by atoms with Gasteiger partial charge in [0.15, 0.2) is 0 Å². The van der Waals surface area contributed by atoms with Gasteiger partial charge in [-0.15, -0.1) is 22.7 Å². The van der Waals surface area contributed by atoms with Gasteiger partial charge in [0.2, 0.25) is 5.91 Å². The highest BCUT2D eigenvalue weighted by Gasteiger charge is 2.32. The quantitative estimate of drug-likeness (QED) is 0.352. The summed E-state index contributed by atoms with van der Waals surface area (Å²) in [5.41, 5.74) is 2.88. The van der Waals surface area contributed by atoms with Crippen molar-refractivity contribution >= 4 is 51.3 Å². The molecule has 2 aromatic rings. The third kappa shape index (κ3) is 8.79. The smallest absolute Gasteiger partial charge is 0.410 e. The first-order valence-corrected chi connectivity index (χ1v) is 16.5. The van der Waals surface area contributed by atoms with Crippen LogP contribution in [0.1, 0.15) is 84.4 Å². The maximum Gasteiger partial charge on any atom is 0.410 e. The number of aromatic nitrogens is 1. The third-order valence-corrected chi connectivity index (χ3v) is 8.80. The summed E-state index contributed by atoms with van der Waals surface area (Å²) in [6.07, 6.45) is 2.82. The van der Waals surface area contributed by atoms with Crippen molar-refractivity contribution in [2.24, 2.45) is 0 Å². The van der Waals surface area contributed by atoms with Gasteiger partial charge in [-0.3, -0.25) is 4.79 Å². The number of carbonyl (C=O) groups is 3. The van der Waals surface area contributed by atoms with Crippen molar-refractivity contribution in [2.45, 2.75) is 98.4 Å². The SMILES string of the molecule is CC(C)N(CCC(=O)Nc1sc2c(c1-c1nc(C3=CCOCC3)cs1)CCN(C(=O)OC(C)(C)C)C2)C(=O)OC(C)(C)C. The zero-order chi connectivity index (χ0) is 31.5. The summed E-state index contributed by atoms with van der Waals surface area (Å²) in [5, 5.41) is 6.71. The zero-order valence-electron chi connectivity index (χ0n) is 26.5. The van der Waals surface area contributed by atoms with Crippen LogP contribution in [-0.4, -0.2) is 76.4 Å². The van der Waals surface area contributed by atoms with E-state index >= 15 is 0 Å². The molecule has 0 fully saturated rings. The van der Waals surface area contributed by atoms with E-state index in [-0.39, 0.29) is 31.0 Å². The molecule has 4 heterocycles. The molecule has 0 spiro atoms.